The number of ketones is 1. The molecule has 2 aromatic carbocycles. The topological polar surface area (TPSA) is 79.3 Å². The summed E-state index contributed by atoms with van der Waals surface area (Å²) in [6, 6.07) is 13.8. The van der Waals surface area contributed by atoms with Crippen LogP contribution in [0, 0.1) is 6.92 Å². The Bertz CT molecular complexity index is 1020. The number of nitrogens with zero attached hydrogens (tertiary/aromatic N) is 2. The average molecular weight is 437 g/mol. The Morgan fingerprint density at radius 2 is 1.75 bits per heavy atom. The van der Waals surface area contributed by atoms with Crippen LogP contribution in [0.5, 0.6) is 5.75 Å². The Morgan fingerprint density at radius 3 is 2.44 bits per heavy atom. The molecule has 0 aromatic heterocycles. The zero-order valence-electron chi connectivity index (χ0n) is 18.4. The number of aryl methyl sites for hydroxylation is 1. The number of benzene rings is 2. The molecule has 32 heavy (non-hydrogen) atoms. The lowest BCUT2D eigenvalue weighted by atomic mass is 9.94. The summed E-state index contributed by atoms with van der Waals surface area (Å²) in [6.07, 6.45) is 0. The Labute approximate surface area is 187 Å². The molecule has 0 spiro atoms. The van der Waals surface area contributed by atoms with Gasteiger partial charge in [0.05, 0.1) is 31.9 Å². The number of amides is 1. The van der Waals surface area contributed by atoms with Crippen molar-refractivity contribution in [2.24, 2.45) is 0 Å². The van der Waals surface area contributed by atoms with Crippen molar-refractivity contribution in [1.29, 1.82) is 0 Å². The van der Waals surface area contributed by atoms with E-state index < -0.39 is 17.7 Å². The van der Waals surface area contributed by atoms with E-state index >= 15 is 0 Å². The van der Waals surface area contributed by atoms with E-state index in [4.69, 9.17) is 9.47 Å². The van der Waals surface area contributed by atoms with Gasteiger partial charge in [-0.1, -0.05) is 48.0 Å². The molecule has 2 heterocycles. The summed E-state index contributed by atoms with van der Waals surface area (Å²) in [6.45, 7) is 5.80. The van der Waals surface area contributed by atoms with Crippen LogP contribution in [0.25, 0.3) is 5.76 Å². The predicted molar refractivity (Wildman–Crippen MR) is 120 cm³/mol. The molecular formula is C25H28N2O5. The molecule has 7 nitrogen and oxygen atoms in total. The summed E-state index contributed by atoms with van der Waals surface area (Å²) < 4.78 is 10.9. The van der Waals surface area contributed by atoms with Crippen molar-refractivity contribution in [3.8, 4) is 5.75 Å². The molecule has 4 rings (SSSR count). The van der Waals surface area contributed by atoms with Gasteiger partial charge in [0, 0.05) is 37.3 Å². The SMILES string of the molecule is COc1ccccc1C1C(=C(O)c2ccc(C)cc2)C(=O)C(=O)N1CCN1CCOCC1. The first-order valence-electron chi connectivity index (χ1n) is 10.8. The maximum absolute atomic E-state index is 13.1. The summed E-state index contributed by atoms with van der Waals surface area (Å²) in [5.74, 6) is -0.900. The summed E-state index contributed by atoms with van der Waals surface area (Å²) in [5, 5.41) is 11.1. The first-order valence-corrected chi connectivity index (χ1v) is 10.8. The van der Waals surface area contributed by atoms with Crippen molar-refractivity contribution in [2.45, 2.75) is 13.0 Å². The molecule has 1 unspecified atom stereocenters. The van der Waals surface area contributed by atoms with Crippen molar-refractivity contribution >= 4 is 17.4 Å². The van der Waals surface area contributed by atoms with Gasteiger partial charge in [0.2, 0.25) is 0 Å². The minimum Gasteiger partial charge on any atom is -0.507 e. The molecular weight excluding hydrogens is 408 g/mol. The van der Waals surface area contributed by atoms with E-state index in [-0.39, 0.29) is 11.3 Å². The lowest BCUT2D eigenvalue weighted by Crippen LogP contribution is -2.42. The van der Waals surface area contributed by atoms with Gasteiger partial charge in [-0.25, -0.2) is 0 Å². The van der Waals surface area contributed by atoms with Gasteiger partial charge in [0.15, 0.2) is 0 Å². The summed E-state index contributed by atoms with van der Waals surface area (Å²) in [4.78, 5) is 30.0. The number of para-hydroxylation sites is 1. The van der Waals surface area contributed by atoms with E-state index in [0.717, 1.165) is 18.7 Å². The maximum atomic E-state index is 13.1. The van der Waals surface area contributed by atoms with Crippen LogP contribution in [-0.2, 0) is 14.3 Å². The van der Waals surface area contributed by atoms with Crippen LogP contribution in [0.1, 0.15) is 22.7 Å². The quantitative estimate of drug-likeness (QED) is 0.426. The number of hydrogen-bond acceptors (Lipinski definition) is 6. The van der Waals surface area contributed by atoms with Crippen molar-refractivity contribution in [2.75, 3.05) is 46.5 Å². The lowest BCUT2D eigenvalue weighted by Gasteiger charge is -2.31. The van der Waals surface area contributed by atoms with Gasteiger partial charge in [0.1, 0.15) is 11.5 Å². The van der Waals surface area contributed by atoms with Crippen LogP contribution in [-0.4, -0.2) is 73.1 Å². The monoisotopic (exact) mass is 436 g/mol. The maximum Gasteiger partial charge on any atom is 0.295 e. The van der Waals surface area contributed by atoms with Gasteiger partial charge in [-0.2, -0.15) is 0 Å². The lowest BCUT2D eigenvalue weighted by molar-refractivity contribution is -0.140. The molecule has 0 bridgehead atoms. The van der Waals surface area contributed by atoms with Gasteiger partial charge in [-0.05, 0) is 13.0 Å². The third-order valence-corrected chi connectivity index (χ3v) is 6.06. The van der Waals surface area contributed by atoms with Gasteiger partial charge in [-0.3, -0.25) is 14.5 Å². The fourth-order valence-corrected chi connectivity index (χ4v) is 4.27. The number of aliphatic hydroxyl groups excluding tert-OH is 1. The number of Topliss-reactive ketones (excluding diaryl/α,β-unsaturated/α-hetero) is 1. The normalized spacial score (nSPS) is 21.2. The summed E-state index contributed by atoms with van der Waals surface area (Å²) in [7, 11) is 1.55. The van der Waals surface area contributed by atoms with Crippen molar-refractivity contribution < 1.29 is 24.2 Å². The third-order valence-electron chi connectivity index (χ3n) is 6.06. The van der Waals surface area contributed by atoms with E-state index in [1.165, 1.54) is 0 Å². The van der Waals surface area contributed by atoms with Crippen LogP contribution in [0.2, 0.25) is 0 Å². The molecule has 2 aliphatic heterocycles. The van der Waals surface area contributed by atoms with E-state index in [1.807, 2.05) is 37.3 Å². The first-order chi connectivity index (χ1) is 15.5. The molecule has 2 aromatic rings. The second kappa shape index (κ2) is 9.54. The van der Waals surface area contributed by atoms with Crippen LogP contribution < -0.4 is 4.74 Å². The summed E-state index contributed by atoms with van der Waals surface area (Å²) in [5.41, 5.74) is 2.30. The Kier molecular flexibility index (Phi) is 6.58. The zero-order chi connectivity index (χ0) is 22.7. The van der Waals surface area contributed by atoms with Crippen molar-refractivity contribution in [3.63, 3.8) is 0 Å². The highest BCUT2D eigenvalue weighted by Gasteiger charge is 2.47. The number of methoxy groups -OCH3 is 1. The molecule has 0 aliphatic carbocycles. The number of ether oxygens (including phenoxy) is 2. The molecule has 2 saturated heterocycles. The highest BCUT2D eigenvalue weighted by Crippen LogP contribution is 2.42. The zero-order valence-corrected chi connectivity index (χ0v) is 18.4. The van der Waals surface area contributed by atoms with Gasteiger partial charge >= 0.3 is 0 Å². The minimum absolute atomic E-state index is 0.0883. The first kappa shape index (κ1) is 22.0. The second-order valence-corrected chi connectivity index (χ2v) is 8.05. The van der Waals surface area contributed by atoms with E-state index in [9.17, 15) is 14.7 Å². The number of rotatable bonds is 6. The molecule has 0 radical (unpaired) electrons. The predicted octanol–water partition coefficient (Wildman–Crippen LogP) is 2.76. The number of hydrogen-bond donors (Lipinski definition) is 1. The van der Waals surface area contributed by atoms with E-state index in [1.54, 1.807) is 30.2 Å². The fraction of sp³-hybridized carbons (Fsp3) is 0.360. The number of morpholine rings is 1. The standard InChI is InChI=1S/C25H28N2O5/c1-17-7-9-18(10-8-17)23(28)21-22(19-5-3-4-6-20(19)31-2)27(25(30)24(21)29)12-11-26-13-15-32-16-14-26/h3-10,22,28H,11-16H2,1-2H3. The largest absolute Gasteiger partial charge is 0.507 e. The minimum atomic E-state index is -0.728. The molecule has 2 aliphatic rings. The van der Waals surface area contributed by atoms with Crippen LogP contribution in [0.3, 0.4) is 0 Å². The Morgan fingerprint density at radius 1 is 1.06 bits per heavy atom. The molecule has 168 valence electrons. The molecule has 2 fully saturated rings. The average Bonchev–Trinajstić information content (AvgIpc) is 3.08. The highest BCUT2D eigenvalue weighted by molar-refractivity contribution is 6.46. The number of carbonyl (C=O) groups excluding carboxylic acids is 2. The molecule has 1 amide bonds. The van der Waals surface area contributed by atoms with Crippen LogP contribution >= 0.6 is 0 Å². The Hall–Kier alpha value is -3.16. The van der Waals surface area contributed by atoms with Gasteiger partial charge in [-0.15, -0.1) is 0 Å². The van der Waals surface area contributed by atoms with Gasteiger partial charge in [0.25, 0.3) is 11.7 Å². The second-order valence-electron chi connectivity index (χ2n) is 8.05. The number of likely N-dealkylation sites (tertiary alicyclic amines) is 1. The third kappa shape index (κ3) is 4.26. The van der Waals surface area contributed by atoms with E-state index in [2.05, 4.69) is 4.90 Å². The molecule has 0 saturated carbocycles. The molecule has 1 atom stereocenters. The smallest absolute Gasteiger partial charge is 0.295 e. The molecule has 7 heteroatoms. The van der Waals surface area contributed by atoms with Crippen molar-refractivity contribution in [3.05, 3.63) is 70.8 Å². The number of aliphatic hydroxyl groups is 1. The Balaban J connectivity index is 1.77. The molecule has 1 N–H and O–H groups in total. The summed E-state index contributed by atoms with van der Waals surface area (Å²) >= 11 is 0. The van der Waals surface area contributed by atoms with Crippen molar-refractivity contribution in [1.82, 2.24) is 9.80 Å². The van der Waals surface area contributed by atoms with Crippen LogP contribution in [0.4, 0.5) is 0 Å². The van der Waals surface area contributed by atoms with Gasteiger partial charge < -0.3 is 19.5 Å². The van der Waals surface area contributed by atoms with E-state index in [0.29, 0.717) is 43.2 Å². The highest BCUT2D eigenvalue weighted by atomic mass is 16.5. The number of carbonyl (C=O) groups is 2. The van der Waals surface area contributed by atoms with Crippen LogP contribution in [0.15, 0.2) is 54.1 Å². The fourth-order valence-electron chi connectivity index (χ4n) is 4.27.